The van der Waals surface area contributed by atoms with Crippen LogP contribution in [0.4, 0.5) is 5.88 Å². The Morgan fingerprint density at radius 2 is 1.90 bits per heavy atom. The number of nitriles is 1. The van der Waals surface area contributed by atoms with Crippen LogP contribution in [0.1, 0.15) is 24.8 Å². The maximum Gasteiger partial charge on any atom is 0.324 e. The molecule has 3 heterocycles. The Labute approximate surface area is 236 Å². The van der Waals surface area contributed by atoms with Gasteiger partial charge in [-0.05, 0) is 49.4 Å². The zero-order valence-corrected chi connectivity index (χ0v) is 23.1. The molecule has 0 bridgehead atoms. The van der Waals surface area contributed by atoms with Crippen LogP contribution in [0, 0.1) is 11.3 Å². The summed E-state index contributed by atoms with van der Waals surface area (Å²) in [5.74, 6) is 0.860. The quantitative estimate of drug-likeness (QED) is 0.131. The van der Waals surface area contributed by atoms with Crippen molar-refractivity contribution in [2.45, 2.75) is 24.3 Å². The van der Waals surface area contributed by atoms with E-state index in [1.54, 1.807) is 37.3 Å². The van der Waals surface area contributed by atoms with Crippen LogP contribution in [0.2, 0.25) is 0 Å². The zero-order chi connectivity index (χ0) is 27.9. The zero-order valence-electron chi connectivity index (χ0n) is 22.2. The molecule has 0 aliphatic carbocycles. The maximum absolute atomic E-state index is 12.8. The number of ether oxygens (including phenoxy) is 2. The van der Waals surface area contributed by atoms with Crippen LogP contribution in [-0.4, -0.2) is 49.2 Å². The molecule has 0 spiro atoms. The summed E-state index contributed by atoms with van der Waals surface area (Å²) in [6.07, 6.45) is 4.97. The van der Waals surface area contributed by atoms with E-state index >= 15 is 0 Å². The molecular weight excluding hydrogens is 528 g/mol. The van der Waals surface area contributed by atoms with Crippen LogP contribution in [-0.2, 0) is 0 Å². The van der Waals surface area contributed by atoms with Crippen LogP contribution < -0.4 is 24.4 Å². The highest BCUT2D eigenvalue weighted by Gasteiger charge is 2.23. The average Bonchev–Trinajstić information content (AvgIpc) is 3.48. The van der Waals surface area contributed by atoms with Crippen molar-refractivity contribution in [2.24, 2.45) is 4.99 Å². The van der Waals surface area contributed by atoms with Crippen LogP contribution in [0.15, 0.2) is 75.3 Å². The molecule has 5 rings (SSSR count). The number of rotatable bonds is 9. The van der Waals surface area contributed by atoms with Crippen LogP contribution in [0.25, 0.3) is 22.4 Å². The fourth-order valence-electron chi connectivity index (χ4n) is 4.51. The molecule has 1 aliphatic rings. The summed E-state index contributed by atoms with van der Waals surface area (Å²) in [7, 11) is 3.16. The van der Waals surface area contributed by atoms with Gasteiger partial charge in [0.25, 0.3) is 6.20 Å². The summed E-state index contributed by atoms with van der Waals surface area (Å²) in [6.45, 7) is 1.75. The Hall–Kier alpha value is -4.56. The van der Waals surface area contributed by atoms with E-state index in [-0.39, 0.29) is 11.6 Å². The molecule has 1 fully saturated rings. The highest BCUT2D eigenvalue weighted by molar-refractivity contribution is 8.00. The third kappa shape index (κ3) is 6.02. The lowest BCUT2D eigenvalue weighted by atomic mass is 9.98. The van der Waals surface area contributed by atoms with E-state index in [9.17, 15) is 10.4 Å². The van der Waals surface area contributed by atoms with Gasteiger partial charge in [0, 0.05) is 22.4 Å². The van der Waals surface area contributed by atoms with Crippen LogP contribution in [0.3, 0.4) is 0 Å². The van der Waals surface area contributed by atoms with Crippen molar-refractivity contribution in [1.82, 2.24) is 10.3 Å². The van der Waals surface area contributed by atoms with Gasteiger partial charge in [0.2, 0.25) is 5.27 Å². The fraction of sp³-hybridized carbons (Fsp3) is 0.276. The molecule has 2 aromatic heterocycles. The van der Waals surface area contributed by atoms with E-state index in [1.165, 1.54) is 6.42 Å². The average molecular weight is 557 g/mol. The predicted molar refractivity (Wildman–Crippen MR) is 149 cm³/mol. The normalized spacial score (nSPS) is 13.6. The number of benzene rings is 2. The van der Waals surface area contributed by atoms with Crippen molar-refractivity contribution in [3.05, 3.63) is 66.4 Å². The first-order valence-corrected chi connectivity index (χ1v) is 13.8. The van der Waals surface area contributed by atoms with Gasteiger partial charge in [-0.15, -0.1) is 0 Å². The van der Waals surface area contributed by atoms with E-state index in [1.807, 2.05) is 42.5 Å². The number of hydrogen-bond acceptors (Lipinski definition) is 10. The van der Waals surface area contributed by atoms with Gasteiger partial charge >= 0.3 is 5.88 Å². The Balaban J connectivity index is 1.48. The van der Waals surface area contributed by atoms with Gasteiger partial charge in [0.15, 0.2) is 0 Å². The lowest BCUT2D eigenvalue weighted by Gasteiger charge is -2.17. The van der Waals surface area contributed by atoms with Crippen molar-refractivity contribution in [1.29, 1.82) is 5.26 Å². The molecule has 0 amide bonds. The number of nitrogens with zero attached hydrogens (tertiary/aromatic N) is 6. The fourth-order valence-corrected chi connectivity index (χ4v) is 5.30. The number of piperidine rings is 1. The van der Waals surface area contributed by atoms with Gasteiger partial charge in [-0.25, -0.2) is 9.98 Å². The van der Waals surface area contributed by atoms with Gasteiger partial charge in [0.1, 0.15) is 22.6 Å². The SMILES string of the molecule is COc1ccc(OC)c(-c2cc(-c3ccccc3)nc(SC/C([O-])=N/c3c[n+](N4CCCCC4)no3)c2C#N)c1. The first-order chi connectivity index (χ1) is 19.6. The molecule has 4 aromatic rings. The topological polar surface area (TPSA) is 124 Å². The Bertz CT molecular complexity index is 1540. The second-order valence-electron chi connectivity index (χ2n) is 9.05. The van der Waals surface area contributed by atoms with Gasteiger partial charge in [-0.2, -0.15) is 10.3 Å². The van der Waals surface area contributed by atoms with Crippen molar-refractivity contribution in [2.75, 3.05) is 38.1 Å². The monoisotopic (exact) mass is 556 g/mol. The molecule has 2 aromatic carbocycles. The lowest BCUT2D eigenvalue weighted by Crippen LogP contribution is -2.60. The van der Waals surface area contributed by atoms with Crippen molar-refractivity contribution < 1.29 is 23.9 Å². The van der Waals surface area contributed by atoms with Crippen LogP contribution >= 0.6 is 11.8 Å². The molecule has 1 saturated heterocycles. The summed E-state index contributed by atoms with van der Waals surface area (Å²) < 4.78 is 16.3. The summed E-state index contributed by atoms with van der Waals surface area (Å²) in [4.78, 5) is 10.4. The van der Waals surface area contributed by atoms with Crippen molar-refractivity contribution in [3.8, 4) is 40.0 Å². The number of hydrogen-bond donors (Lipinski definition) is 0. The molecule has 1 aliphatic heterocycles. The molecule has 10 nitrogen and oxygen atoms in total. The first kappa shape index (κ1) is 27.0. The third-order valence-electron chi connectivity index (χ3n) is 6.50. The molecule has 11 heteroatoms. The number of pyridine rings is 1. The lowest BCUT2D eigenvalue weighted by molar-refractivity contribution is -0.759. The third-order valence-corrected chi connectivity index (χ3v) is 7.46. The highest BCUT2D eigenvalue weighted by Crippen LogP contribution is 2.40. The first-order valence-electron chi connectivity index (χ1n) is 12.8. The number of thioether (sulfide) groups is 1. The Morgan fingerprint density at radius 3 is 2.62 bits per heavy atom. The standard InChI is InChI=1S/C29H28N6O4S/c1-37-21-11-12-26(38-2)23(15-21)22-16-25(20-9-5-3-6-10-20)31-29(24(22)17-30)40-19-27(36)32-28-18-35(33-39-28)34-13-7-4-8-14-34/h3,5-6,9-12,15-16,18H,4,7-8,13-14,19H2,1-2H3. The molecule has 204 valence electrons. The van der Waals surface area contributed by atoms with E-state index in [0.717, 1.165) is 43.3 Å². The van der Waals surface area contributed by atoms with Gasteiger partial charge in [0.05, 0.1) is 43.4 Å². The van der Waals surface area contributed by atoms with E-state index in [0.29, 0.717) is 38.9 Å². The molecule has 0 unspecified atom stereocenters. The summed E-state index contributed by atoms with van der Waals surface area (Å²) in [5, 5.41) is 29.5. The highest BCUT2D eigenvalue weighted by atomic mass is 32.2. The van der Waals surface area contributed by atoms with Gasteiger partial charge in [-0.3, -0.25) is 4.52 Å². The molecule has 0 radical (unpaired) electrons. The van der Waals surface area contributed by atoms with E-state index in [2.05, 4.69) is 21.3 Å². The minimum atomic E-state index is -0.428. The maximum atomic E-state index is 12.8. The van der Waals surface area contributed by atoms with E-state index in [4.69, 9.17) is 19.0 Å². The van der Waals surface area contributed by atoms with Gasteiger partial charge in [-0.1, -0.05) is 42.1 Å². The Morgan fingerprint density at radius 1 is 1.10 bits per heavy atom. The second-order valence-corrected chi connectivity index (χ2v) is 10.0. The minimum Gasteiger partial charge on any atom is -0.861 e. The molecular formula is C29H28N6O4S. The van der Waals surface area contributed by atoms with Crippen molar-refractivity contribution >= 4 is 23.5 Å². The number of aliphatic imine (C=N–C) groups is 1. The largest absolute Gasteiger partial charge is 0.861 e. The summed E-state index contributed by atoms with van der Waals surface area (Å²) in [6, 6.07) is 19.2. The smallest absolute Gasteiger partial charge is 0.324 e. The summed E-state index contributed by atoms with van der Waals surface area (Å²) in [5.41, 5.74) is 3.16. The number of methoxy groups -OCH3 is 2. The molecule has 0 saturated carbocycles. The van der Waals surface area contributed by atoms with Crippen molar-refractivity contribution in [3.63, 3.8) is 0 Å². The van der Waals surface area contributed by atoms with E-state index < -0.39 is 5.90 Å². The number of aromatic nitrogens is 3. The minimum absolute atomic E-state index is 0.0426. The summed E-state index contributed by atoms with van der Waals surface area (Å²) >= 11 is 1.15. The second kappa shape index (κ2) is 12.5. The predicted octanol–water partition coefficient (Wildman–Crippen LogP) is 3.88. The van der Waals surface area contributed by atoms with Gasteiger partial charge < -0.3 is 14.6 Å². The van der Waals surface area contributed by atoms with Crippen LogP contribution in [0.5, 0.6) is 11.5 Å². The molecule has 0 atom stereocenters. The molecule has 0 N–H and O–H groups in total. The Kier molecular flexibility index (Phi) is 8.47. The molecule has 40 heavy (non-hydrogen) atoms.